The molecular weight excluding hydrogens is 442 g/mol. The van der Waals surface area contributed by atoms with E-state index >= 15 is 0 Å². The van der Waals surface area contributed by atoms with Gasteiger partial charge in [0.25, 0.3) is 10.8 Å². The second-order valence-electron chi connectivity index (χ2n) is 7.62. The molecule has 0 amide bonds. The largest absolute Gasteiger partial charge is 0.411 e. The molecule has 33 heavy (non-hydrogen) atoms. The Bertz CT molecular complexity index is 1360. The van der Waals surface area contributed by atoms with E-state index in [2.05, 4.69) is 46.1 Å². The molecule has 0 atom stereocenters. The van der Waals surface area contributed by atoms with Crippen LogP contribution in [0.4, 0.5) is 5.69 Å². The fraction of sp³-hybridized carbons (Fsp3) is 0.409. The van der Waals surface area contributed by atoms with E-state index < -0.39 is 0 Å². The van der Waals surface area contributed by atoms with Gasteiger partial charge in [0.05, 0.1) is 6.33 Å². The van der Waals surface area contributed by atoms with Gasteiger partial charge in [-0.2, -0.15) is 0 Å². The lowest BCUT2D eigenvalue weighted by molar-refractivity contribution is 0.465. The van der Waals surface area contributed by atoms with E-state index in [1.807, 2.05) is 12.1 Å². The van der Waals surface area contributed by atoms with Gasteiger partial charge in [0.1, 0.15) is 0 Å². The van der Waals surface area contributed by atoms with Crippen molar-refractivity contribution in [1.82, 2.24) is 28.9 Å². The van der Waals surface area contributed by atoms with Crippen LogP contribution < -0.4 is 16.1 Å². The lowest BCUT2D eigenvalue weighted by Gasteiger charge is -2.20. The molecule has 4 rings (SSSR count). The van der Waals surface area contributed by atoms with E-state index in [4.69, 9.17) is 4.42 Å². The zero-order valence-corrected chi connectivity index (χ0v) is 20.0. The summed E-state index contributed by atoms with van der Waals surface area (Å²) in [4.78, 5) is 31.7. The highest BCUT2D eigenvalue weighted by Gasteiger charge is 2.15. The van der Waals surface area contributed by atoms with Gasteiger partial charge < -0.3 is 13.9 Å². The first-order chi connectivity index (χ1) is 15.9. The molecule has 174 valence electrons. The molecule has 0 bridgehead atoms. The minimum Gasteiger partial charge on any atom is -0.411 e. The molecule has 4 aromatic rings. The summed E-state index contributed by atoms with van der Waals surface area (Å²) in [6.07, 6.45) is 2.13. The Morgan fingerprint density at radius 2 is 1.79 bits per heavy atom. The average molecular weight is 470 g/mol. The standard InChI is InChI=1S/C22H27N7O3S/c1-5-28(6-2)16-10-8-15(9-11-16)19-24-25-21(32-19)33-13-7-12-29-20(30)17-18(23-14-26(17)3)27(4)22(29)31/h8-11,14H,5-7,12-13H2,1-4H3. The van der Waals surface area contributed by atoms with Gasteiger partial charge in [-0.05, 0) is 44.5 Å². The molecule has 0 N–H and O–H groups in total. The quantitative estimate of drug-likeness (QED) is 0.272. The molecule has 0 radical (unpaired) electrons. The first-order valence-electron chi connectivity index (χ1n) is 10.9. The highest BCUT2D eigenvalue weighted by molar-refractivity contribution is 7.99. The number of anilines is 1. The number of thioether (sulfide) groups is 1. The molecule has 0 unspecified atom stereocenters. The van der Waals surface area contributed by atoms with Crippen LogP contribution in [0.15, 0.2) is 49.8 Å². The van der Waals surface area contributed by atoms with Gasteiger partial charge >= 0.3 is 5.69 Å². The summed E-state index contributed by atoms with van der Waals surface area (Å²) in [5, 5.41) is 8.72. The summed E-state index contributed by atoms with van der Waals surface area (Å²) < 4.78 is 10.1. The van der Waals surface area contributed by atoms with Gasteiger partial charge in [-0.1, -0.05) is 11.8 Å². The van der Waals surface area contributed by atoms with Gasteiger partial charge in [-0.3, -0.25) is 13.9 Å². The van der Waals surface area contributed by atoms with E-state index in [-0.39, 0.29) is 11.2 Å². The van der Waals surface area contributed by atoms with Gasteiger partial charge in [-0.15, -0.1) is 10.2 Å². The van der Waals surface area contributed by atoms with Crippen molar-refractivity contribution < 1.29 is 4.42 Å². The zero-order valence-electron chi connectivity index (χ0n) is 19.2. The molecule has 0 fully saturated rings. The van der Waals surface area contributed by atoms with Crippen molar-refractivity contribution in [2.45, 2.75) is 32.0 Å². The zero-order chi connectivity index (χ0) is 23.5. The lowest BCUT2D eigenvalue weighted by atomic mass is 10.2. The van der Waals surface area contributed by atoms with E-state index in [1.165, 1.54) is 27.2 Å². The number of nitrogens with zero attached hydrogens (tertiary/aromatic N) is 7. The molecule has 0 spiro atoms. The Hall–Kier alpha value is -3.34. The molecule has 0 aliphatic heterocycles. The number of imidazole rings is 1. The van der Waals surface area contributed by atoms with Crippen molar-refractivity contribution in [3.8, 4) is 11.5 Å². The number of fused-ring (bicyclic) bond motifs is 1. The molecule has 11 heteroatoms. The van der Waals surface area contributed by atoms with Crippen LogP contribution in [0.5, 0.6) is 0 Å². The number of benzene rings is 1. The summed E-state index contributed by atoms with van der Waals surface area (Å²) >= 11 is 1.40. The van der Waals surface area contributed by atoms with E-state index in [0.717, 1.165) is 24.3 Å². The molecule has 0 aliphatic carbocycles. The molecule has 3 heterocycles. The van der Waals surface area contributed by atoms with Crippen LogP contribution in [-0.4, -0.2) is 47.7 Å². The summed E-state index contributed by atoms with van der Waals surface area (Å²) in [7, 11) is 3.36. The Kier molecular flexibility index (Phi) is 6.68. The van der Waals surface area contributed by atoms with Gasteiger partial charge in [-0.25, -0.2) is 9.78 Å². The average Bonchev–Trinajstić information content (AvgIpc) is 3.45. The van der Waals surface area contributed by atoms with Crippen molar-refractivity contribution >= 4 is 28.6 Å². The first-order valence-corrected chi connectivity index (χ1v) is 11.9. The highest BCUT2D eigenvalue weighted by atomic mass is 32.2. The maximum atomic E-state index is 12.8. The Morgan fingerprint density at radius 3 is 2.48 bits per heavy atom. The number of hydrogen-bond donors (Lipinski definition) is 0. The number of aryl methyl sites for hydroxylation is 2. The summed E-state index contributed by atoms with van der Waals surface area (Å²) in [5.41, 5.74) is 2.13. The molecule has 10 nitrogen and oxygen atoms in total. The van der Waals surface area contributed by atoms with Crippen LogP contribution in [0.1, 0.15) is 20.3 Å². The predicted octanol–water partition coefficient (Wildman–Crippen LogP) is 2.51. The second-order valence-corrected chi connectivity index (χ2v) is 8.67. The van der Waals surface area contributed by atoms with Crippen LogP contribution >= 0.6 is 11.8 Å². The van der Waals surface area contributed by atoms with Crippen molar-refractivity contribution in [2.75, 3.05) is 23.7 Å². The van der Waals surface area contributed by atoms with Crippen LogP contribution in [-0.2, 0) is 20.6 Å². The summed E-state index contributed by atoms with van der Waals surface area (Å²) in [6.45, 7) is 6.46. The van der Waals surface area contributed by atoms with Crippen LogP contribution in [0.3, 0.4) is 0 Å². The fourth-order valence-electron chi connectivity index (χ4n) is 3.76. The Labute approximate surface area is 194 Å². The van der Waals surface area contributed by atoms with E-state index in [1.54, 1.807) is 18.7 Å². The predicted molar refractivity (Wildman–Crippen MR) is 129 cm³/mol. The fourth-order valence-corrected chi connectivity index (χ4v) is 4.45. The van der Waals surface area contributed by atoms with E-state index in [0.29, 0.717) is 41.0 Å². The second kappa shape index (κ2) is 9.65. The highest BCUT2D eigenvalue weighted by Crippen LogP contribution is 2.25. The van der Waals surface area contributed by atoms with Gasteiger partial charge in [0.15, 0.2) is 11.2 Å². The van der Waals surface area contributed by atoms with Crippen LogP contribution in [0, 0.1) is 0 Å². The molecule has 3 aromatic heterocycles. The van der Waals surface area contributed by atoms with Crippen molar-refractivity contribution in [2.24, 2.45) is 14.1 Å². The minimum atomic E-state index is -0.371. The third-order valence-corrected chi connectivity index (χ3v) is 6.51. The molecule has 0 saturated carbocycles. The Morgan fingerprint density at radius 1 is 1.06 bits per heavy atom. The third-order valence-electron chi connectivity index (χ3n) is 5.60. The van der Waals surface area contributed by atoms with Gasteiger partial charge in [0.2, 0.25) is 5.89 Å². The number of rotatable bonds is 9. The molecular formula is C22H27N7O3S. The third kappa shape index (κ3) is 4.45. The SMILES string of the molecule is CCN(CC)c1ccc(-c2nnc(SCCCn3c(=O)c4c(ncn4C)n(C)c3=O)o2)cc1. The minimum absolute atomic E-state index is 0.299. The maximum Gasteiger partial charge on any atom is 0.332 e. The molecule has 1 aromatic carbocycles. The summed E-state index contributed by atoms with van der Waals surface area (Å²) in [6, 6.07) is 8.06. The van der Waals surface area contributed by atoms with Gasteiger partial charge in [0, 0.05) is 50.7 Å². The Balaban J connectivity index is 1.39. The topological polar surface area (TPSA) is 104 Å². The summed E-state index contributed by atoms with van der Waals surface area (Å²) in [5.74, 6) is 1.09. The van der Waals surface area contributed by atoms with Crippen LogP contribution in [0.25, 0.3) is 22.6 Å². The molecule has 0 aliphatic rings. The maximum absolute atomic E-state index is 12.8. The van der Waals surface area contributed by atoms with Crippen molar-refractivity contribution in [1.29, 1.82) is 0 Å². The smallest absolute Gasteiger partial charge is 0.332 e. The number of hydrogen-bond acceptors (Lipinski definition) is 8. The van der Waals surface area contributed by atoms with E-state index in [9.17, 15) is 9.59 Å². The lowest BCUT2D eigenvalue weighted by Crippen LogP contribution is -2.39. The number of aromatic nitrogens is 6. The van der Waals surface area contributed by atoms with Crippen molar-refractivity contribution in [3.05, 3.63) is 51.4 Å². The monoisotopic (exact) mass is 469 g/mol. The molecule has 0 saturated heterocycles. The van der Waals surface area contributed by atoms with Crippen molar-refractivity contribution in [3.63, 3.8) is 0 Å². The first kappa shape index (κ1) is 22.8. The normalized spacial score (nSPS) is 11.4. The van der Waals surface area contributed by atoms with Crippen LogP contribution in [0.2, 0.25) is 0 Å².